The summed E-state index contributed by atoms with van der Waals surface area (Å²) in [5.74, 6) is -4.39. The first-order valence-corrected chi connectivity index (χ1v) is 26.0. The Balaban J connectivity index is 1.29. The van der Waals surface area contributed by atoms with E-state index in [2.05, 4.69) is 36.2 Å². The van der Waals surface area contributed by atoms with Crippen LogP contribution in [0.3, 0.4) is 0 Å². The molecule has 4 rings (SSSR count). The minimum atomic E-state index is -1.33. The summed E-state index contributed by atoms with van der Waals surface area (Å²) in [5, 5.41) is 31.5. The number of nitrogens with two attached hydrogens (primary N) is 7. The number of benzene rings is 1. The zero-order chi connectivity index (χ0) is 54.2. The van der Waals surface area contributed by atoms with Crippen molar-refractivity contribution in [3.8, 4) is 0 Å². The number of unbranched alkanes of at least 4 members (excludes halogenated alkanes) is 5. The average molecular weight is 1040 g/mol. The molecule has 20 N–H and O–H groups in total. The molecule has 25 heteroatoms. The van der Waals surface area contributed by atoms with Crippen LogP contribution in [0.5, 0.6) is 0 Å². The number of nitrogens with one attached hydrogen (secondary N) is 4. The summed E-state index contributed by atoms with van der Waals surface area (Å²) >= 11 is 0. The summed E-state index contributed by atoms with van der Waals surface area (Å²) in [4.78, 5) is 110. The van der Waals surface area contributed by atoms with Crippen LogP contribution in [0.4, 0.5) is 0 Å². The summed E-state index contributed by atoms with van der Waals surface area (Å²) in [5.41, 5.74) is 40.1. The molecule has 8 atom stereocenters. The average Bonchev–Trinajstić information content (AvgIpc) is 3.76. The van der Waals surface area contributed by atoms with Gasteiger partial charge in [0.15, 0.2) is 17.9 Å². The topological polar surface area (TPSA) is 434 Å². The van der Waals surface area contributed by atoms with Crippen molar-refractivity contribution in [1.29, 1.82) is 0 Å². The van der Waals surface area contributed by atoms with Crippen molar-refractivity contribution in [2.24, 2.45) is 61.0 Å². The van der Waals surface area contributed by atoms with Crippen LogP contribution in [-0.2, 0) is 46.5 Å². The maximum absolute atomic E-state index is 15.0. The lowest BCUT2D eigenvalue weighted by Gasteiger charge is -2.42. The minimum Gasteiger partial charge on any atom is -0.480 e. The van der Waals surface area contributed by atoms with Gasteiger partial charge in [-0.15, -0.1) is 0 Å². The van der Waals surface area contributed by atoms with Crippen LogP contribution in [0.2, 0.25) is 0 Å². The first kappa shape index (κ1) is 59.8. The Hall–Kier alpha value is -6.76. The fraction of sp³-hybridized carbons (Fsp3) is 0.673. The number of rotatable bonds is 31. The third-order valence-corrected chi connectivity index (χ3v) is 13.9. The number of carbonyl (C=O) groups excluding carboxylic acids is 6. The molecule has 1 aromatic rings. The number of hydrogen-bond donors (Lipinski definition) is 13. The molecule has 1 aliphatic carbocycles. The summed E-state index contributed by atoms with van der Waals surface area (Å²) in [6.07, 6.45) is 10.0. The monoisotopic (exact) mass is 1040 g/mol. The molecular formula is C49H82N16O9. The van der Waals surface area contributed by atoms with E-state index < -0.39 is 78.4 Å². The van der Waals surface area contributed by atoms with Crippen molar-refractivity contribution in [2.75, 3.05) is 32.8 Å². The van der Waals surface area contributed by atoms with Crippen molar-refractivity contribution in [2.45, 2.75) is 171 Å². The van der Waals surface area contributed by atoms with Crippen molar-refractivity contribution in [3.63, 3.8) is 0 Å². The van der Waals surface area contributed by atoms with Gasteiger partial charge in [-0.3, -0.25) is 43.7 Å². The van der Waals surface area contributed by atoms with Gasteiger partial charge in [0.1, 0.15) is 30.2 Å². The number of nitrogens with zero attached hydrogens (tertiary/aromatic N) is 5. The molecule has 6 amide bonds. The number of hydrogen-bond acceptors (Lipinski definition) is 12. The van der Waals surface area contributed by atoms with Crippen LogP contribution in [0.1, 0.15) is 127 Å². The van der Waals surface area contributed by atoms with E-state index in [1.54, 1.807) is 4.90 Å². The molecule has 1 saturated heterocycles. The van der Waals surface area contributed by atoms with Gasteiger partial charge in [-0.05, 0) is 87.7 Å². The number of aliphatic hydroxyl groups excluding tert-OH is 1. The van der Waals surface area contributed by atoms with Gasteiger partial charge in [0.05, 0.1) is 12.6 Å². The second-order valence-corrected chi connectivity index (χ2v) is 19.4. The molecule has 2 heterocycles. The van der Waals surface area contributed by atoms with E-state index in [1.165, 1.54) is 4.90 Å². The standard InChI is InChI=1S/C49H82N16O9/c50-33(17-11-23-58-47(51)52)41(68)62-34(18-12-24-59-48(53)54)42(69)57-22-10-4-2-1-3-5-21-40(67)61-36(29-66)44(71)64-28-32-16-7-6-14-30(32)26-39(64)45(72)65-37-20-9-8-15-31(37)27-38(65)43(70)63-35(46(73)74)19-13-25-60-49(55)56/h6-7,14,16,31,33-39,66H,1-5,8-13,15,17-29,50H2,(H,57,69)(H,61,67)(H,62,68)(H,63,70)(H,73,74)(H4,51,52,58)(H4,53,54,59)(H4,55,56,60). The number of carboxylic acid groups (broad SMARTS) is 1. The number of carboxylic acids is 1. The SMILES string of the molecule is NC(N)=NCCCC(N)C(=O)NC(CCCN=C(N)N)C(=O)NCCCCCCCCC(=O)NC(CO)C(=O)N1Cc2ccccc2CC1C(=O)N1C(C(=O)NC(CCCN=C(N)N)C(=O)O)CC2CCCCC21. The van der Waals surface area contributed by atoms with Crippen molar-refractivity contribution in [3.05, 3.63) is 35.4 Å². The van der Waals surface area contributed by atoms with E-state index >= 15 is 4.79 Å². The molecule has 412 valence electrons. The van der Waals surface area contributed by atoms with Gasteiger partial charge in [0, 0.05) is 51.6 Å². The Morgan fingerprint density at radius 1 is 0.662 bits per heavy atom. The fourth-order valence-corrected chi connectivity index (χ4v) is 9.99. The Bertz CT molecular complexity index is 2130. The molecule has 2 aliphatic heterocycles. The predicted octanol–water partition coefficient (Wildman–Crippen LogP) is -2.03. The van der Waals surface area contributed by atoms with Crippen molar-refractivity contribution in [1.82, 2.24) is 31.1 Å². The molecule has 1 aromatic carbocycles. The first-order chi connectivity index (χ1) is 35.4. The summed E-state index contributed by atoms with van der Waals surface area (Å²) in [7, 11) is 0. The normalized spacial score (nSPS) is 19.5. The molecule has 0 radical (unpaired) electrons. The highest BCUT2D eigenvalue weighted by atomic mass is 16.4. The number of aliphatic carboxylic acids is 1. The molecule has 8 unspecified atom stereocenters. The number of aliphatic imine (C=N–C) groups is 3. The molecule has 0 spiro atoms. The highest BCUT2D eigenvalue weighted by Gasteiger charge is 2.51. The molecule has 2 fully saturated rings. The second-order valence-electron chi connectivity index (χ2n) is 19.4. The van der Waals surface area contributed by atoms with Gasteiger partial charge >= 0.3 is 5.97 Å². The smallest absolute Gasteiger partial charge is 0.326 e. The number of aliphatic hydroxyl groups is 1. The minimum absolute atomic E-state index is 0.0118. The van der Waals surface area contributed by atoms with Gasteiger partial charge in [-0.25, -0.2) is 4.79 Å². The maximum atomic E-state index is 15.0. The van der Waals surface area contributed by atoms with E-state index in [0.29, 0.717) is 70.9 Å². The molecule has 0 aromatic heterocycles. The highest BCUT2D eigenvalue weighted by molar-refractivity contribution is 5.96. The zero-order valence-corrected chi connectivity index (χ0v) is 42.6. The Labute approximate surface area is 433 Å². The van der Waals surface area contributed by atoms with Gasteiger partial charge < -0.3 is 81.4 Å². The van der Waals surface area contributed by atoms with Gasteiger partial charge in [-0.1, -0.05) is 62.8 Å². The fourth-order valence-electron chi connectivity index (χ4n) is 9.99. The van der Waals surface area contributed by atoms with Crippen molar-refractivity contribution < 1.29 is 43.8 Å². The molecule has 25 nitrogen and oxygen atoms in total. The molecule has 1 saturated carbocycles. The van der Waals surface area contributed by atoms with Gasteiger partial charge in [0.25, 0.3) is 0 Å². The molecular weight excluding hydrogens is 957 g/mol. The number of likely N-dealkylation sites (tertiary alicyclic amines) is 1. The summed E-state index contributed by atoms with van der Waals surface area (Å²) in [6, 6.07) is 0.825. The Morgan fingerprint density at radius 3 is 1.86 bits per heavy atom. The number of amides is 6. The van der Waals surface area contributed by atoms with E-state index in [9.17, 15) is 39.0 Å². The van der Waals surface area contributed by atoms with Gasteiger partial charge in [0.2, 0.25) is 35.4 Å². The van der Waals surface area contributed by atoms with Gasteiger partial charge in [-0.2, -0.15) is 0 Å². The lowest BCUT2D eigenvalue weighted by Crippen LogP contribution is -2.62. The lowest BCUT2D eigenvalue weighted by atomic mass is 9.84. The third-order valence-electron chi connectivity index (χ3n) is 13.9. The first-order valence-electron chi connectivity index (χ1n) is 26.0. The van der Waals surface area contributed by atoms with Crippen LogP contribution < -0.4 is 61.4 Å². The van der Waals surface area contributed by atoms with E-state index in [1.807, 2.05) is 24.3 Å². The number of carbonyl (C=O) groups is 7. The zero-order valence-electron chi connectivity index (χ0n) is 42.6. The predicted molar refractivity (Wildman–Crippen MR) is 279 cm³/mol. The van der Waals surface area contributed by atoms with Crippen LogP contribution in [-0.4, -0.2) is 154 Å². The van der Waals surface area contributed by atoms with Crippen LogP contribution in [0.25, 0.3) is 0 Å². The Morgan fingerprint density at radius 2 is 1.24 bits per heavy atom. The molecule has 74 heavy (non-hydrogen) atoms. The highest BCUT2D eigenvalue weighted by Crippen LogP contribution is 2.41. The second kappa shape index (κ2) is 31.1. The molecule has 3 aliphatic rings. The van der Waals surface area contributed by atoms with Crippen LogP contribution in [0.15, 0.2) is 39.2 Å². The quantitative estimate of drug-likeness (QED) is 0.0217. The van der Waals surface area contributed by atoms with Crippen LogP contribution in [0, 0.1) is 5.92 Å². The molecule has 0 bridgehead atoms. The van der Waals surface area contributed by atoms with Crippen LogP contribution >= 0.6 is 0 Å². The third kappa shape index (κ3) is 19.3. The summed E-state index contributed by atoms with van der Waals surface area (Å²) in [6.45, 7) is 0.481. The largest absolute Gasteiger partial charge is 0.480 e. The van der Waals surface area contributed by atoms with Crippen molar-refractivity contribution >= 4 is 59.3 Å². The van der Waals surface area contributed by atoms with E-state index in [4.69, 9.17) is 40.1 Å². The van der Waals surface area contributed by atoms with E-state index in [0.717, 1.165) is 49.7 Å². The lowest BCUT2D eigenvalue weighted by molar-refractivity contribution is -0.153. The van der Waals surface area contributed by atoms with E-state index in [-0.39, 0.29) is 81.1 Å². The summed E-state index contributed by atoms with van der Waals surface area (Å²) < 4.78 is 0. The number of fused-ring (bicyclic) bond motifs is 2. The number of guanidine groups is 3. The maximum Gasteiger partial charge on any atom is 0.326 e. The Kier molecular flexibility index (Phi) is 25.1.